The Morgan fingerprint density at radius 1 is 1.26 bits per heavy atom. The van der Waals surface area contributed by atoms with E-state index in [1.54, 1.807) is 12.1 Å². The zero-order chi connectivity index (χ0) is 14.5. The van der Waals surface area contributed by atoms with E-state index in [-0.39, 0.29) is 17.3 Å². The summed E-state index contributed by atoms with van der Waals surface area (Å²) in [6, 6.07) is 6.41. The quantitative estimate of drug-likeness (QED) is 0.828. The van der Waals surface area contributed by atoms with E-state index >= 15 is 0 Å². The van der Waals surface area contributed by atoms with Crippen molar-refractivity contribution in [3.05, 3.63) is 24.3 Å². The Labute approximate surface area is 114 Å². The van der Waals surface area contributed by atoms with Gasteiger partial charge in [-0.1, -0.05) is 6.92 Å². The number of hydrogen-bond donors (Lipinski definition) is 2. The molecule has 0 radical (unpaired) electrons. The number of nitrogens with one attached hydrogen (secondary N) is 2. The largest absolute Gasteiger partial charge is 0.325 e. The van der Waals surface area contributed by atoms with E-state index in [2.05, 4.69) is 10.6 Å². The van der Waals surface area contributed by atoms with Gasteiger partial charge in [-0.05, 0) is 37.6 Å². The van der Waals surface area contributed by atoms with Gasteiger partial charge in [0.2, 0.25) is 5.91 Å². The first-order valence-electron chi connectivity index (χ1n) is 6.16. The Hall–Kier alpha value is -1.40. The zero-order valence-corrected chi connectivity index (χ0v) is 12.3. The van der Waals surface area contributed by atoms with Gasteiger partial charge in [0.05, 0.1) is 11.4 Å². The van der Waals surface area contributed by atoms with Crippen LogP contribution in [0.1, 0.15) is 20.3 Å². The third-order valence-corrected chi connectivity index (χ3v) is 3.92. The summed E-state index contributed by atoms with van der Waals surface area (Å²) < 4.78 is 22.6. The lowest BCUT2D eigenvalue weighted by molar-refractivity contribution is -0.115. The fourth-order valence-electron chi connectivity index (χ4n) is 1.40. The molecule has 0 aliphatic carbocycles. The van der Waals surface area contributed by atoms with Crippen LogP contribution < -0.4 is 10.6 Å². The second kappa shape index (κ2) is 6.68. The van der Waals surface area contributed by atoms with Gasteiger partial charge in [0.1, 0.15) is 0 Å². The molecule has 19 heavy (non-hydrogen) atoms. The molecule has 1 atom stereocenters. The third kappa shape index (κ3) is 5.40. The van der Waals surface area contributed by atoms with Crippen molar-refractivity contribution in [2.75, 3.05) is 18.1 Å². The van der Waals surface area contributed by atoms with E-state index in [4.69, 9.17) is 0 Å². The van der Waals surface area contributed by atoms with Crippen molar-refractivity contribution >= 4 is 21.4 Å². The van der Waals surface area contributed by atoms with E-state index < -0.39 is 9.84 Å². The molecule has 0 aliphatic rings. The van der Waals surface area contributed by atoms with Crippen LogP contribution in [0.2, 0.25) is 0 Å². The van der Waals surface area contributed by atoms with E-state index in [1.807, 2.05) is 13.8 Å². The number of amides is 1. The van der Waals surface area contributed by atoms with Crippen molar-refractivity contribution in [3.63, 3.8) is 0 Å². The standard InChI is InChI=1S/C13H20N2O3S/c1-4-10(2)14-9-13(16)15-11-5-7-12(8-6-11)19(3,17)18/h5-8,10,14H,4,9H2,1-3H3,(H,15,16). The van der Waals surface area contributed by atoms with Crippen LogP contribution in [-0.4, -0.2) is 33.2 Å². The minimum Gasteiger partial charge on any atom is -0.325 e. The molecular formula is C13H20N2O3S. The molecule has 6 heteroatoms. The van der Waals surface area contributed by atoms with Crippen molar-refractivity contribution in [3.8, 4) is 0 Å². The molecule has 106 valence electrons. The highest BCUT2D eigenvalue weighted by Crippen LogP contribution is 2.13. The van der Waals surface area contributed by atoms with Gasteiger partial charge in [0.25, 0.3) is 0 Å². The molecule has 1 aromatic rings. The molecular weight excluding hydrogens is 264 g/mol. The smallest absolute Gasteiger partial charge is 0.238 e. The molecule has 0 fully saturated rings. The summed E-state index contributed by atoms with van der Waals surface area (Å²) in [6.45, 7) is 4.29. The normalized spacial score (nSPS) is 13.0. The molecule has 0 saturated carbocycles. The highest BCUT2D eigenvalue weighted by Gasteiger charge is 2.08. The van der Waals surface area contributed by atoms with Gasteiger partial charge in [-0.3, -0.25) is 4.79 Å². The van der Waals surface area contributed by atoms with Crippen LogP contribution in [0.3, 0.4) is 0 Å². The molecule has 0 heterocycles. The lowest BCUT2D eigenvalue weighted by Gasteiger charge is -2.11. The summed E-state index contributed by atoms with van der Waals surface area (Å²) in [5.74, 6) is -0.146. The zero-order valence-electron chi connectivity index (χ0n) is 11.4. The molecule has 1 amide bonds. The Morgan fingerprint density at radius 2 is 1.84 bits per heavy atom. The number of carbonyl (C=O) groups is 1. The summed E-state index contributed by atoms with van der Waals surface area (Å²) in [6.07, 6.45) is 2.10. The molecule has 2 N–H and O–H groups in total. The van der Waals surface area contributed by atoms with Crippen LogP contribution in [-0.2, 0) is 14.6 Å². The number of benzene rings is 1. The number of carbonyl (C=O) groups excluding carboxylic acids is 1. The van der Waals surface area contributed by atoms with Gasteiger partial charge in [0.15, 0.2) is 9.84 Å². The number of hydrogen-bond acceptors (Lipinski definition) is 4. The highest BCUT2D eigenvalue weighted by atomic mass is 32.2. The fourth-order valence-corrected chi connectivity index (χ4v) is 2.03. The summed E-state index contributed by atoms with van der Waals surface area (Å²) in [5.41, 5.74) is 0.586. The van der Waals surface area contributed by atoms with Crippen molar-refractivity contribution < 1.29 is 13.2 Å². The van der Waals surface area contributed by atoms with Gasteiger partial charge < -0.3 is 10.6 Å². The molecule has 0 aliphatic heterocycles. The molecule has 0 saturated heterocycles. The number of rotatable bonds is 6. The van der Waals surface area contributed by atoms with Gasteiger partial charge in [0, 0.05) is 18.0 Å². The average Bonchev–Trinajstić information content (AvgIpc) is 2.35. The fraction of sp³-hybridized carbons (Fsp3) is 0.462. The Kier molecular flexibility index (Phi) is 5.50. The first kappa shape index (κ1) is 15.7. The van der Waals surface area contributed by atoms with Gasteiger partial charge >= 0.3 is 0 Å². The third-order valence-electron chi connectivity index (χ3n) is 2.79. The lowest BCUT2D eigenvalue weighted by Crippen LogP contribution is -2.33. The van der Waals surface area contributed by atoms with Crippen LogP contribution in [0.4, 0.5) is 5.69 Å². The first-order valence-corrected chi connectivity index (χ1v) is 8.05. The maximum Gasteiger partial charge on any atom is 0.238 e. The van der Waals surface area contributed by atoms with Crippen LogP contribution in [0.5, 0.6) is 0 Å². The Morgan fingerprint density at radius 3 is 2.32 bits per heavy atom. The maximum absolute atomic E-state index is 11.6. The lowest BCUT2D eigenvalue weighted by atomic mass is 10.2. The number of anilines is 1. The summed E-state index contributed by atoms with van der Waals surface area (Å²) in [5, 5.41) is 5.78. The molecule has 1 rings (SSSR count). The predicted molar refractivity (Wildman–Crippen MR) is 75.9 cm³/mol. The molecule has 1 aromatic carbocycles. The van der Waals surface area contributed by atoms with Crippen LogP contribution in [0.15, 0.2) is 29.2 Å². The van der Waals surface area contributed by atoms with Gasteiger partial charge in [-0.15, -0.1) is 0 Å². The van der Waals surface area contributed by atoms with Gasteiger partial charge in [-0.2, -0.15) is 0 Å². The van der Waals surface area contributed by atoms with Crippen LogP contribution in [0, 0.1) is 0 Å². The van der Waals surface area contributed by atoms with Crippen LogP contribution in [0.25, 0.3) is 0 Å². The molecule has 0 spiro atoms. The van der Waals surface area contributed by atoms with E-state index in [0.717, 1.165) is 12.7 Å². The summed E-state index contributed by atoms with van der Waals surface area (Å²) in [7, 11) is -3.20. The van der Waals surface area contributed by atoms with Crippen molar-refractivity contribution in [2.24, 2.45) is 0 Å². The summed E-state index contributed by atoms with van der Waals surface area (Å²) >= 11 is 0. The van der Waals surface area contributed by atoms with E-state index in [1.165, 1.54) is 12.1 Å². The Balaban J connectivity index is 2.56. The SMILES string of the molecule is CCC(C)NCC(=O)Nc1ccc(S(C)(=O)=O)cc1. The van der Waals surface area contributed by atoms with Crippen molar-refractivity contribution in [2.45, 2.75) is 31.2 Å². The molecule has 1 unspecified atom stereocenters. The maximum atomic E-state index is 11.6. The molecule has 5 nitrogen and oxygen atoms in total. The Bertz CT molecular complexity index is 523. The summed E-state index contributed by atoms with van der Waals surface area (Å²) in [4.78, 5) is 11.9. The topological polar surface area (TPSA) is 75.3 Å². The van der Waals surface area contributed by atoms with Crippen molar-refractivity contribution in [1.82, 2.24) is 5.32 Å². The van der Waals surface area contributed by atoms with Crippen LogP contribution >= 0.6 is 0 Å². The first-order chi connectivity index (χ1) is 8.82. The minimum atomic E-state index is -3.20. The van der Waals surface area contributed by atoms with Crippen molar-refractivity contribution in [1.29, 1.82) is 0 Å². The second-order valence-electron chi connectivity index (χ2n) is 4.53. The average molecular weight is 284 g/mol. The second-order valence-corrected chi connectivity index (χ2v) is 6.55. The molecule has 0 bridgehead atoms. The number of sulfone groups is 1. The van der Waals surface area contributed by atoms with Gasteiger partial charge in [-0.25, -0.2) is 8.42 Å². The predicted octanol–water partition coefficient (Wildman–Crippen LogP) is 1.42. The highest BCUT2D eigenvalue weighted by molar-refractivity contribution is 7.90. The monoisotopic (exact) mass is 284 g/mol. The van der Waals surface area contributed by atoms with E-state index in [0.29, 0.717) is 11.7 Å². The minimum absolute atomic E-state index is 0.146. The molecule has 0 aromatic heterocycles. The van der Waals surface area contributed by atoms with E-state index in [9.17, 15) is 13.2 Å².